The summed E-state index contributed by atoms with van der Waals surface area (Å²) in [7, 11) is 0. The average Bonchev–Trinajstić information content (AvgIpc) is 2.61. The van der Waals surface area contributed by atoms with Crippen molar-refractivity contribution in [2.75, 3.05) is 36.0 Å². The summed E-state index contributed by atoms with van der Waals surface area (Å²) < 4.78 is 38.8. The van der Waals surface area contributed by atoms with E-state index in [0.29, 0.717) is 32.0 Å². The number of halogens is 3. The number of piperazine rings is 1. The van der Waals surface area contributed by atoms with Gasteiger partial charge < -0.3 is 14.9 Å². The van der Waals surface area contributed by atoms with Gasteiger partial charge in [-0.2, -0.15) is 13.2 Å². The van der Waals surface area contributed by atoms with E-state index in [9.17, 15) is 18.0 Å². The summed E-state index contributed by atoms with van der Waals surface area (Å²) in [4.78, 5) is 26.4. The lowest BCUT2D eigenvalue weighted by molar-refractivity contribution is -0.141. The van der Waals surface area contributed by atoms with Crippen molar-refractivity contribution in [3.63, 3.8) is 0 Å². The predicted molar refractivity (Wildman–Crippen MR) is 87.4 cm³/mol. The Morgan fingerprint density at radius 1 is 1.12 bits per heavy atom. The second-order valence-electron chi connectivity index (χ2n) is 5.88. The quantitative estimate of drug-likeness (QED) is 0.891. The van der Waals surface area contributed by atoms with Crippen LogP contribution in [0.15, 0.2) is 24.4 Å². The highest BCUT2D eigenvalue weighted by Gasteiger charge is 2.34. The number of aromatic carboxylic acids is 1. The number of nitrogens with zero attached hydrogens (tertiary/aromatic N) is 5. The van der Waals surface area contributed by atoms with Crippen LogP contribution in [0.25, 0.3) is 0 Å². The van der Waals surface area contributed by atoms with E-state index in [1.807, 2.05) is 4.90 Å². The standard InChI is InChI=1S/C16H16F3N5O2/c1-10-8-12(16(17,18)19)22-15(21-10)24-6-4-23(5-7-24)13-3-2-11(9-20-13)14(25)26/h2-3,8-9H,4-7H2,1H3,(H,25,26). The number of aromatic nitrogens is 3. The third-order valence-corrected chi connectivity index (χ3v) is 4.01. The lowest BCUT2D eigenvalue weighted by Gasteiger charge is -2.35. The molecule has 1 aliphatic rings. The number of carboxylic acids is 1. The zero-order valence-corrected chi connectivity index (χ0v) is 13.9. The number of hydrogen-bond donors (Lipinski definition) is 1. The van der Waals surface area contributed by atoms with Crippen molar-refractivity contribution in [2.45, 2.75) is 13.1 Å². The van der Waals surface area contributed by atoms with E-state index < -0.39 is 17.8 Å². The lowest BCUT2D eigenvalue weighted by atomic mass is 10.2. The SMILES string of the molecule is Cc1cc(C(F)(F)F)nc(N2CCN(c3ccc(C(=O)O)cn3)CC2)n1. The zero-order chi connectivity index (χ0) is 18.9. The van der Waals surface area contributed by atoms with Crippen LogP contribution < -0.4 is 9.80 Å². The van der Waals surface area contributed by atoms with Crippen LogP contribution in [-0.4, -0.2) is 52.2 Å². The van der Waals surface area contributed by atoms with Gasteiger partial charge in [0.25, 0.3) is 0 Å². The largest absolute Gasteiger partial charge is 0.478 e. The fourth-order valence-corrected chi connectivity index (χ4v) is 2.67. The summed E-state index contributed by atoms with van der Waals surface area (Å²) in [6.07, 6.45) is -3.23. The molecule has 0 aliphatic carbocycles. The molecule has 10 heteroatoms. The topological polar surface area (TPSA) is 82.5 Å². The van der Waals surface area contributed by atoms with Gasteiger partial charge in [-0.05, 0) is 25.1 Å². The molecule has 7 nitrogen and oxygen atoms in total. The van der Waals surface area contributed by atoms with Crippen molar-refractivity contribution in [1.82, 2.24) is 15.0 Å². The molecule has 2 aromatic rings. The number of carbonyl (C=O) groups is 1. The molecule has 138 valence electrons. The number of hydrogen-bond acceptors (Lipinski definition) is 6. The van der Waals surface area contributed by atoms with Gasteiger partial charge in [0, 0.05) is 38.1 Å². The first-order valence-electron chi connectivity index (χ1n) is 7.86. The molecule has 1 N–H and O–H groups in total. The minimum absolute atomic E-state index is 0.0613. The Kier molecular flexibility index (Phi) is 4.66. The average molecular weight is 367 g/mol. The van der Waals surface area contributed by atoms with Crippen molar-refractivity contribution in [3.8, 4) is 0 Å². The number of aryl methyl sites for hydroxylation is 1. The van der Waals surface area contributed by atoms with E-state index in [-0.39, 0.29) is 17.2 Å². The van der Waals surface area contributed by atoms with Crippen molar-refractivity contribution in [2.24, 2.45) is 0 Å². The van der Waals surface area contributed by atoms with Crippen LogP contribution in [0.5, 0.6) is 0 Å². The van der Waals surface area contributed by atoms with Gasteiger partial charge in [0.2, 0.25) is 5.95 Å². The van der Waals surface area contributed by atoms with Crippen LogP contribution in [0.4, 0.5) is 24.9 Å². The Labute approximate surface area is 147 Å². The highest BCUT2D eigenvalue weighted by Crippen LogP contribution is 2.29. The number of carboxylic acid groups (broad SMARTS) is 1. The fourth-order valence-electron chi connectivity index (χ4n) is 2.67. The molecule has 26 heavy (non-hydrogen) atoms. The van der Waals surface area contributed by atoms with E-state index >= 15 is 0 Å². The summed E-state index contributed by atoms with van der Waals surface area (Å²) in [5, 5.41) is 8.89. The Morgan fingerprint density at radius 3 is 2.31 bits per heavy atom. The normalized spacial score (nSPS) is 15.2. The molecule has 0 unspecified atom stereocenters. The van der Waals surface area contributed by atoms with Crippen molar-refractivity contribution >= 4 is 17.7 Å². The third-order valence-electron chi connectivity index (χ3n) is 4.01. The minimum Gasteiger partial charge on any atom is -0.478 e. The van der Waals surface area contributed by atoms with Crippen LogP contribution in [0.3, 0.4) is 0 Å². The van der Waals surface area contributed by atoms with Gasteiger partial charge in [0.15, 0.2) is 0 Å². The predicted octanol–water partition coefficient (Wildman–Crippen LogP) is 2.22. The molecule has 3 heterocycles. The van der Waals surface area contributed by atoms with Gasteiger partial charge in [-0.1, -0.05) is 0 Å². The zero-order valence-electron chi connectivity index (χ0n) is 13.9. The molecule has 3 rings (SSSR count). The monoisotopic (exact) mass is 367 g/mol. The lowest BCUT2D eigenvalue weighted by Crippen LogP contribution is -2.47. The molecule has 1 fully saturated rings. The maximum Gasteiger partial charge on any atom is 0.433 e. The Bertz CT molecular complexity index is 803. The molecule has 0 radical (unpaired) electrons. The van der Waals surface area contributed by atoms with Gasteiger partial charge in [-0.3, -0.25) is 0 Å². The van der Waals surface area contributed by atoms with Gasteiger partial charge in [0.05, 0.1) is 5.56 Å². The second-order valence-corrected chi connectivity index (χ2v) is 5.88. The molecule has 1 aliphatic heterocycles. The van der Waals surface area contributed by atoms with E-state index in [0.717, 1.165) is 6.07 Å². The maximum atomic E-state index is 12.9. The summed E-state index contributed by atoms with van der Waals surface area (Å²) >= 11 is 0. The molecule has 0 amide bonds. The summed E-state index contributed by atoms with van der Waals surface area (Å²) in [5.74, 6) is -0.368. The minimum atomic E-state index is -4.51. The maximum absolute atomic E-state index is 12.9. The van der Waals surface area contributed by atoms with Crippen LogP contribution >= 0.6 is 0 Å². The highest BCUT2D eigenvalue weighted by molar-refractivity contribution is 5.87. The molecule has 1 saturated heterocycles. The molecular formula is C16H16F3N5O2. The molecule has 0 aromatic carbocycles. The number of pyridine rings is 1. The first kappa shape index (κ1) is 17.9. The van der Waals surface area contributed by atoms with Gasteiger partial charge >= 0.3 is 12.1 Å². The van der Waals surface area contributed by atoms with Crippen molar-refractivity contribution in [3.05, 3.63) is 41.3 Å². The third kappa shape index (κ3) is 3.84. The number of rotatable bonds is 3. The summed E-state index contributed by atoms with van der Waals surface area (Å²) in [6, 6.07) is 4.01. The highest BCUT2D eigenvalue weighted by atomic mass is 19.4. The number of alkyl halides is 3. The molecule has 0 atom stereocenters. The summed E-state index contributed by atoms with van der Waals surface area (Å²) in [6.45, 7) is 3.40. The first-order valence-corrected chi connectivity index (χ1v) is 7.86. The molecular weight excluding hydrogens is 351 g/mol. The number of anilines is 2. The van der Waals surface area contributed by atoms with Crippen LogP contribution in [0, 0.1) is 6.92 Å². The van der Waals surface area contributed by atoms with Crippen LogP contribution in [0.2, 0.25) is 0 Å². The fraction of sp³-hybridized carbons (Fsp3) is 0.375. The molecule has 0 bridgehead atoms. The van der Waals surface area contributed by atoms with E-state index in [1.165, 1.54) is 19.2 Å². The smallest absolute Gasteiger partial charge is 0.433 e. The van der Waals surface area contributed by atoms with Gasteiger partial charge in [0.1, 0.15) is 11.5 Å². The van der Waals surface area contributed by atoms with Crippen molar-refractivity contribution < 1.29 is 23.1 Å². The molecule has 0 saturated carbocycles. The first-order chi connectivity index (χ1) is 12.2. The Balaban J connectivity index is 1.70. The van der Waals surface area contributed by atoms with Crippen molar-refractivity contribution in [1.29, 1.82) is 0 Å². The second kappa shape index (κ2) is 6.77. The Morgan fingerprint density at radius 2 is 1.77 bits per heavy atom. The van der Waals surface area contributed by atoms with E-state index in [1.54, 1.807) is 11.0 Å². The molecule has 2 aromatic heterocycles. The van der Waals surface area contributed by atoms with Gasteiger partial charge in [-0.25, -0.2) is 19.7 Å². The molecule has 0 spiro atoms. The Hall–Kier alpha value is -2.91. The van der Waals surface area contributed by atoms with E-state index in [4.69, 9.17) is 5.11 Å². The van der Waals surface area contributed by atoms with Crippen LogP contribution in [0.1, 0.15) is 21.7 Å². The van der Waals surface area contributed by atoms with E-state index in [2.05, 4.69) is 15.0 Å². The summed E-state index contributed by atoms with van der Waals surface area (Å²) in [5.41, 5.74) is -0.593. The van der Waals surface area contributed by atoms with Crippen LogP contribution in [-0.2, 0) is 6.18 Å². The van der Waals surface area contributed by atoms with Gasteiger partial charge in [-0.15, -0.1) is 0 Å².